The van der Waals surface area contributed by atoms with Crippen LogP contribution in [0.4, 0.5) is 0 Å². The summed E-state index contributed by atoms with van der Waals surface area (Å²) in [5.41, 5.74) is 0. The molecule has 4 nitrogen and oxygen atoms in total. The number of rotatable bonds is 2. The third-order valence-electron chi connectivity index (χ3n) is 3.32. The third kappa shape index (κ3) is 1.81. The van der Waals surface area contributed by atoms with Crippen LogP contribution in [0.2, 0.25) is 0 Å². The molecule has 2 fully saturated rings. The molecule has 14 heavy (non-hydrogen) atoms. The van der Waals surface area contributed by atoms with Crippen molar-refractivity contribution in [3.8, 4) is 0 Å². The Morgan fingerprint density at radius 3 is 2.86 bits per heavy atom. The first kappa shape index (κ1) is 10.4. The minimum absolute atomic E-state index is 0.229. The van der Waals surface area contributed by atoms with Gasteiger partial charge < -0.3 is 5.32 Å². The van der Waals surface area contributed by atoms with E-state index in [1.54, 1.807) is 11.2 Å². The van der Waals surface area contributed by atoms with Crippen molar-refractivity contribution in [1.82, 2.24) is 9.62 Å². The number of nitrogens with one attached hydrogen (secondary N) is 1. The van der Waals surface area contributed by atoms with Crippen molar-refractivity contribution in [3.05, 3.63) is 0 Å². The summed E-state index contributed by atoms with van der Waals surface area (Å²) in [4.78, 5) is 0. The Labute approximate surface area is 85.7 Å². The van der Waals surface area contributed by atoms with Crippen LogP contribution in [0.1, 0.15) is 19.8 Å². The van der Waals surface area contributed by atoms with Gasteiger partial charge >= 0.3 is 0 Å². The van der Waals surface area contributed by atoms with Crippen LogP contribution in [0.5, 0.6) is 0 Å². The highest BCUT2D eigenvalue weighted by Gasteiger charge is 2.38. The molecular weight excluding hydrogens is 200 g/mol. The molecule has 0 aromatic rings. The zero-order valence-corrected chi connectivity index (χ0v) is 9.39. The van der Waals surface area contributed by atoms with Gasteiger partial charge in [0, 0.05) is 19.1 Å². The quantitative estimate of drug-likeness (QED) is 0.711. The first-order valence-electron chi connectivity index (χ1n) is 5.34. The van der Waals surface area contributed by atoms with E-state index >= 15 is 0 Å². The van der Waals surface area contributed by atoms with Gasteiger partial charge in [-0.05, 0) is 32.2 Å². The first-order chi connectivity index (χ1) is 6.63. The Hall–Kier alpha value is -0.130. The second-order valence-electron chi connectivity index (χ2n) is 4.18. The van der Waals surface area contributed by atoms with Crippen LogP contribution in [0, 0.1) is 5.92 Å². The highest BCUT2D eigenvalue weighted by Crippen LogP contribution is 2.26. The SMILES string of the molecule is CCS(=O)(=O)N1C[C@@H]2CCCN[C@@H]2C1. The molecule has 0 aromatic heterocycles. The van der Waals surface area contributed by atoms with Gasteiger partial charge in [-0.25, -0.2) is 12.7 Å². The normalized spacial score (nSPS) is 34.4. The average Bonchev–Trinajstić information content (AvgIpc) is 2.61. The van der Waals surface area contributed by atoms with Crippen LogP contribution >= 0.6 is 0 Å². The van der Waals surface area contributed by atoms with Crippen molar-refractivity contribution in [2.24, 2.45) is 5.92 Å². The summed E-state index contributed by atoms with van der Waals surface area (Å²) in [6.45, 7) is 4.17. The van der Waals surface area contributed by atoms with Crippen molar-refractivity contribution >= 4 is 10.0 Å². The van der Waals surface area contributed by atoms with Gasteiger partial charge in [0.1, 0.15) is 0 Å². The molecule has 0 aliphatic carbocycles. The smallest absolute Gasteiger partial charge is 0.213 e. The van der Waals surface area contributed by atoms with Crippen LogP contribution in [0.3, 0.4) is 0 Å². The van der Waals surface area contributed by atoms with E-state index in [1.807, 2.05) is 0 Å². The molecule has 0 bridgehead atoms. The number of piperidine rings is 1. The number of sulfonamides is 1. The van der Waals surface area contributed by atoms with Gasteiger partial charge in [0.05, 0.1) is 5.75 Å². The fourth-order valence-electron chi connectivity index (χ4n) is 2.42. The molecule has 0 spiro atoms. The predicted octanol–water partition coefficient (Wildman–Crippen LogP) is 0.0199. The minimum atomic E-state index is -2.96. The van der Waals surface area contributed by atoms with E-state index < -0.39 is 10.0 Å². The molecule has 2 saturated heterocycles. The van der Waals surface area contributed by atoms with E-state index in [-0.39, 0.29) is 5.75 Å². The second kappa shape index (κ2) is 3.79. The maximum atomic E-state index is 11.6. The molecule has 2 atom stereocenters. The van der Waals surface area contributed by atoms with Crippen molar-refractivity contribution < 1.29 is 8.42 Å². The van der Waals surface area contributed by atoms with E-state index in [9.17, 15) is 8.42 Å². The van der Waals surface area contributed by atoms with Gasteiger partial charge in [0.2, 0.25) is 10.0 Å². The molecule has 0 unspecified atom stereocenters. The topological polar surface area (TPSA) is 49.4 Å². The van der Waals surface area contributed by atoms with Crippen LogP contribution in [0.15, 0.2) is 0 Å². The second-order valence-corrected chi connectivity index (χ2v) is 6.44. The standard InChI is InChI=1S/C9H18N2O2S/c1-2-14(12,13)11-6-8-4-3-5-10-9(8)7-11/h8-10H,2-7H2,1H3/t8-,9+/m0/s1. The summed E-state index contributed by atoms with van der Waals surface area (Å²) in [5.74, 6) is 0.775. The first-order valence-corrected chi connectivity index (χ1v) is 6.95. The zero-order chi connectivity index (χ0) is 10.2. The number of hydrogen-bond donors (Lipinski definition) is 1. The lowest BCUT2D eigenvalue weighted by Crippen LogP contribution is -2.41. The predicted molar refractivity (Wildman–Crippen MR) is 55.5 cm³/mol. The minimum Gasteiger partial charge on any atom is -0.312 e. The maximum absolute atomic E-state index is 11.6. The Morgan fingerprint density at radius 2 is 2.21 bits per heavy atom. The number of hydrogen-bond acceptors (Lipinski definition) is 3. The van der Waals surface area contributed by atoms with Gasteiger partial charge in [-0.15, -0.1) is 0 Å². The summed E-state index contributed by atoms with van der Waals surface area (Å²) in [6.07, 6.45) is 2.36. The van der Waals surface area contributed by atoms with E-state index in [2.05, 4.69) is 5.32 Å². The summed E-state index contributed by atoms with van der Waals surface area (Å²) in [6, 6.07) is 0.407. The molecule has 0 amide bonds. The van der Waals surface area contributed by atoms with Crippen molar-refractivity contribution in [2.45, 2.75) is 25.8 Å². The molecule has 2 heterocycles. The Bertz CT molecular complexity index is 288. The van der Waals surface area contributed by atoms with Crippen LogP contribution in [-0.4, -0.2) is 44.2 Å². The molecule has 82 valence electrons. The monoisotopic (exact) mass is 218 g/mol. The lowest BCUT2D eigenvalue weighted by Gasteiger charge is -2.24. The Balaban J connectivity index is 2.06. The van der Waals surface area contributed by atoms with Gasteiger partial charge in [-0.1, -0.05) is 0 Å². The van der Waals surface area contributed by atoms with Crippen LogP contribution in [-0.2, 0) is 10.0 Å². The van der Waals surface area contributed by atoms with Crippen molar-refractivity contribution in [3.63, 3.8) is 0 Å². The summed E-state index contributed by atoms with van der Waals surface area (Å²) in [7, 11) is -2.96. The molecule has 1 N–H and O–H groups in total. The fraction of sp³-hybridized carbons (Fsp3) is 1.00. The highest BCUT2D eigenvalue weighted by atomic mass is 32.2. The van der Waals surface area contributed by atoms with E-state index in [0.29, 0.717) is 18.5 Å². The summed E-state index contributed by atoms with van der Waals surface area (Å²) >= 11 is 0. The molecule has 5 heteroatoms. The van der Waals surface area contributed by atoms with E-state index in [1.165, 1.54) is 12.8 Å². The zero-order valence-electron chi connectivity index (χ0n) is 8.57. The number of nitrogens with zero attached hydrogens (tertiary/aromatic N) is 1. The molecular formula is C9H18N2O2S. The van der Waals surface area contributed by atoms with Gasteiger partial charge in [0.25, 0.3) is 0 Å². The summed E-state index contributed by atoms with van der Waals surface area (Å²) in [5, 5.41) is 3.40. The van der Waals surface area contributed by atoms with Crippen molar-refractivity contribution in [2.75, 3.05) is 25.4 Å². The van der Waals surface area contributed by atoms with Gasteiger partial charge in [0.15, 0.2) is 0 Å². The molecule has 2 aliphatic heterocycles. The average molecular weight is 218 g/mol. The van der Waals surface area contributed by atoms with Crippen LogP contribution < -0.4 is 5.32 Å². The van der Waals surface area contributed by atoms with Crippen molar-refractivity contribution in [1.29, 1.82) is 0 Å². The van der Waals surface area contributed by atoms with Gasteiger partial charge in [-0.2, -0.15) is 0 Å². The molecule has 0 saturated carbocycles. The molecule has 0 aromatic carbocycles. The third-order valence-corrected chi connectivity index (χ3v) is 5.14. The summed E-state index contributed by atoms with van der Waals surface area (Å²) < 4.78 is 24.9. The maximum Gasteiger partial charge on any atom is 0.213 e. The fourth-order valence-corrected chi connectivity index (χ4v) is 3.59. The molecule has 0 radical (unpaired) electrons. The Kier molecular flexibility index (Phi) is 2.81. The number of fused-ring (bicyclic) bond motifs is 1. The van der Waals surface area contributed by atoms with E-state index in [4.69, 9.17) is 0 Å². The Morgan fingerprint density at radius 1 is 1.43 bits per heavy atom. The van der Waals surface area contributed by atoms with E-state index in [0.717, 1.165) is 13.1 Å². The van der Waals surface area contributed by atoms with Crippen LogP contribution in [0.25, 0.3) is 0 Å². The lowest BCUT2D eigenvalue weighted by molar-refractivity contribution is 0.339. The largest absolute Gasteiger partial charge is 0.312 e. The highest BCUT2D eigenvalue weighted by molar-refractivity contribution is 7.89. The molecule has 2 rings (SSSR count). The molecule has 2 aliphatic rings. The van der Waals surface area contributed by atoms with Gasteiger partial charge in [-0.3, -0.25) is 0 Å². The lowest BCUT2D eigenvalue weighted by atomic mass is 9.94.